The average molecular weight is 885 g/mol. The van der Waals surface area contributed by atoms with Crippen molar-refractivity contribution in [2.75, 3.05) is 18.3 Å². The lowest BCUT2D eigenvalue weighted by Gasteiger charge is -2.44. The lowest BCUT2D eigenvalue weighted by molar-refractivity contribution is 0.102. The Morgan fingerprint density at radius 1 is 0.424 bits per heavy atom. The molecule has 0 fully saturated rings. The minimum absolute atomic E-state index is 0.132. The Bertz CT molecular complexity index is 2210. The van der Waals surface area contributed by atoms with Gasteiger partial charge in [0, 0.05) is 5.56 Å². The molecule has 0 aromatic heterocycles. The maximum absolute atomic E-state index is 15.4. The molecule has 0 N–H and O–H groups in total. The van der Waals surface area contributed by atoms with Crippen molar-refractivity contribution >= 4 is 44.7 Å². The van der Waals surface area contributed by atoms with Gasteiger partial charge >= 0.3 is 0 Å². The summed E-state index contributed by atoms with van der Waals surface area (Å²) in [6, 6.07) is 8.81. The summed E-state index contributed by atoms with van der Waals surface area (Å²) in [4.78, 5) is 11.6. The van der Waals surface area contributed by atoms with Gasteiger partial charge in [-0.2, -0.15) is 5.26 Å². The summed E-state index contributed by atoms with van der Waals surface area (Å²) in [5.74, 6) is -70.7. The van der Waals surface area contributed by atoms with Gasteiger partial charge in [-0.3, -0.25) is 4.79 Å². The molecule has 0 aliphatic rings. The van der Waals surface area contributed by atoms with Crippen LogP contribution < -0.4 is 21.9 Å². The molecular weight excluding hydrogens is 873 g/mol. The fraction of sp³-hybridized carbons (Fsp3) is 0.0857. The molecule has 5 aromatic carbocycles. The fourth-order valence-corrected chi connectivity index (χ4v) is 6.64. The molecular formula is C35H12BF20NOS. The van der Waals surface area contributed by atoms with Gasteiger partial charge in [0.25, 0.3) is 0 Å². The molecule has 0 atom stereocenters. The lowest BCUT2D eigenvalue weighted by atomic mass is 9.12. The number of hydrogen-bond acceptors (Lipinski definition) is 2. The summed E-state index contributed by atoms with van der Waals surface area (Å²) in [6.07, 6.45) is -3.13. The minimum atomic E-state index is -7.22. The van der Waals surface area contributed by atoms with E-state index in [-0.39, 0.29) is 16.7 Å². The number of carbonyl (C=O) groups excluding carboxylic acids is 1. The third-order valence-electron chi connectivity index (χ3n) is 8.46. The number of benzene rings is 5. The smallest absolute Gasteiger partial charge is 0.211 e. The molecule has 0 aliphatic carbocycles. The predicted octanol–water partition coefficient (Wildman–Crippen LogP) is 7.46. The zero-order valence-corrected chi connectivity index (χ0v) is 29.2. The van der Waals surface area contributed by atoms with Gasteiger partial charge in [0.05, 0.1) is 24.1 Å². The Labute approximate surface area is 318 Å². The van der Waals surface area contributed by atoms with Crippen molar-refractivity contribution in [1.29, 1.82) is 5.26 Å². The molecule has 5 rings (SSSR count). The molecule has 0 aliphatic heterocycles. The van der Waals surface area contributed by atoms with Crippen molar-refractivity contribution in [3.8, 4) is 6.07 Å². The highest BCUT2D eigenvalue weighted by Gasteiger charge is 2.52. The number of ketones is 1. The topological polar surface area (TPSA) is 40.9 Å². The number of hydrogen-bond donors (Lipinski definition) is 0. The SMILES string of the molecule is C[S+](C)CC(=O)c1ccc(C#N)cc1.Fc1c(F)c(F)c([B-](c2c(F)c(F)c(F)c(F)c2F)(c2c(F)c(F)c(F)c(F)c2F)c2c(F)c(F)c(F)c(F)c2F)c(F)c1F. The summed E-state index contributed by atoms with van der Waals surface area (Å²) in [5.41, 5.74) is -13.0. The van der Waals surface area contributed by atoms with Crippen molar-refractivity contribution in [2.24, 2.45) is 0 Å². The number of nitriles is 1. The quantitative estimate of drug-likeness (QED) is 0.0426. The molecule has 0 unspecified atom stereocenters. The summed E-state index contributed by atoms with van der Waals surface area (Å²) in [6.45, 7) is 0. The van der Waals surface area contributed by atoms with E-state index in [1.165, 1.54) is 0 Å². The van der Waals surface area contributed by atoms with E-state index in [0.717, 1.165) is 0 Å². The Morgan fingerprint density at radius 3 is 0.814 bits per heavy atom. The standard InChI is InChI=1S/C24BF20.C11H12NOS/c26-5-1(6(27)14(35)21(42)13(5)34)25(2-7(28)15(36)22(43)16(37)8(2)29,3-9(30)17(38)23(44)18(39)10(3)31)4-11(32)19(40)24(45)20(41)12(4)33;1-14(2)8-11(13)10-5-3-9(7-12)4-6-10/h;3-6H,8H2,1-2H3/q-1;+1. The number of nitrogens with zero attached hydrogens (tertiary/aromatic N) is 1. The van der Waals surface area contributed by atoms with Crippen LogP contribution in [0.1, 0.15) is 15.9 Å². The second kappa shape index (κ2) is 16.9. The molecule has 312 valence electrons. The highest BCUT2D eigenvalue weighted by atomic mass is 32.2. The van der Waals surface area contributed by atoms with E-state index < -0.39 is 144 Å². The second-order valence-electron chi connectivity index (χ2n) is 12.0. The zero-order chi connectivity index (χ0) is 44.9. The van der Waals surface area contributed by atoms with E-state index in [2.05, 4.69) is 0 Å². The molecule has 2 nitrogen and oxygen atoms in total. The van der Waals surface area contributed by atoms with E-state index in [9.17, 15) is 57.5 Å². The summed E-state index contributed by atoms with van der Waals surface area (Å²) >= 11 is 0. The van der Waals surface area contributed by atoms with Gasteiger partial charge in [0.2, 0.25) is 5.78 Å². The van der Waals surface area contributed by atoms with Crippen LogP contribution in [-0.4, -0.2) is 30.2 Å². The number of Topliss-reactive ketones (excluding diaryl/α,β-unsaturated/α-hetero) is 1. The second-order valence-corrected chi connectivity index (χ2v) is 14.3. The van der Waals surface area contributed by atoms with Gasteiger partial charge in [-0.05, 0) is 35.2 Å². The summed E-state index contributed by atoms with van der Waals surface area (Å²) in [7, 11) is 0.132. The Kier molecular flexibility index (Phi) is 13.1. The lowest BCUT2D eigenvalue weighted by Crippen LogP contribution is -2.81. The molecule has 0 bridgehead atoms. The Balaban J connectivity index is 0.000000464. The normalized spacial score (nSPS) is 11.5. The van der Waals surface area contributed by atoms with E-state index in [1.54, 1.807) is 24.3 Å². The van der Waals surface area contributed by atoms with E-state index in [1.807, 2.05) is 18.6 Å². The van der Waals surface area contributed by atoms with E-state index in [0.29, 0.717) is 16.9 Å². The number of carbonyl (C=O) groups is 1. The molecule has 0 heterocycles. The van der Waals surface area contributed by atoms with Crippen LogP contribution in [0.3, 0.4) is 0 Å². The minimum Gasteiger partial charge on any atom is -0.289 e. The van der Waals surface area contributed by atoms with Crippen LogP contribution >= 0.6 is 0 Å². The van der Waals surface area contributed by atoms with Crippen LogP contribution in [0.2, 0.25) is 0 Å². The number of rotatable bonds is 7. The molecule has 24 heteroatoms. The van der Waals surface area contributed by atoms with Crippen LogP contribution in [0.15, 0.2) is 24.3 Å². The van der Waals surface area contributed by atoms with Gasteiger partial charge in [0.15, 0.2) is 75.6 Å². The van der Waals surface area contributed by atoms with Crippen molar-refractivity contribution in [2.45, 2.75) is 0 Å². The monoisotopic (exact) mass is 885 g/mol. The molecule has 0 amide bonds. The first kappa shape index (κ1) is 46.0. The molecule has 5 aromatic rings. The molecule has 0 saturated heterocycles. The summed E-state index contributed by atoms with van der Waals surface area (Å²) < 4.78 is 294. The van der Waals surface area contributed by atoms with Crippen LogP contribution in [-0.2, 0) is 10.9 Å². The van der Waals surface area contributed by atoms with E-state index >= 15 is 35.1 Å². The van der Waals surface area contributed by atoms with Gasteiger partial charge < -0.3 is 0 Å². The summed E-state index contributed by atoms with van der Waals surface area (Å²) in [5, 5.41) is 8.58. The molecule has 0 spiro atoms. The van der Waals surface area contributed by atoms with Crippen molar-refractivity contribution in [3.05, 3.63) is 152 Å². The van der Waals surface area contributed by atoms with Gasteiger partial charge in [0.1, 0.15) is 52.7 Å². The van der Waals surface area contributed by atoms with Crippen molar-refractivity contribution in [3.63, 3.8) is 0 Å². The van der Waals surface area contributed by atoms with Crippen LogP contribution in [0.25, 0.3) is 0 Å². The average Bonchev–Trinajstić information content (AvgIpc) is 3.20. The zero-order valence-electron chi connectivity index (χ0n) is 28.4. The van der Waals surface area contributed by atoms with Gasteiger partial charge in [-0.15, -0.1) is 21.9 Å². The van der Waals surface area contributed by atoms with Crippen LogP contribution in [0, 0.1) is 128 Å². The molecule has 0 radical (unpaired) electrons. The highest BCUT2D eigenvalue weighted by Crippen LogP contribution is 2.30. The maximum Gasteiger partial charge on any atom is 0.211 e. The largest absolute Gasteiger partial charge is 0.289 e. The van der Waals surface area contributed by atoms with Gasteiger partial charge in [-0.25, -0.2) is 87.8 Å². The third-order valence-corrected chi connectivity index (χ3v) is 9.30. The van der Waals surface area contributed by atoms with E-state index in [4.69, 9.17) is 5.26 Å². The fourth-order valence-electron chi connectivity index (χ4n) is 5.95. The first-order valence-electron chi connectivity index (χ1n) is 15.1. The van der Waals surface area contributed by atoms with Crippen molar-refractivity contribution in [1.82, 2.24) is 0 Å². The molecule has 0 saturated carbocycles. The maximum atomic E-state index is 15.4. The van der Waals surface area contributed by atoms with Gasteiger partial charge in [-0.1, -0.05) is 0 Å². The predicted molar refractivity (Wildman–Crippen MR) is 169 cm³/mol. The number of halogens is 20. The Morgan fingerprint density at radius 2 is 0.627 bits per heavy atom. The van der Waals surface area contributed by atoms with Crippen molar-refractivity contribution < 1.29 is 92.6 Å². The first-order valence-corrected chi connectivity index (χ1v) is 17.4. The Hall–Kier alpha value is -5.73. The molecule has 59 heavy (non-hydrogen) atoms. The highest BCUT2D eigenvalue weighted by molar-refractivity contribution is 7.96. The van der Waals surface area contributed by atoms with Crippen LogP contribution in [0.5, 0.6) is 0 Å². The first-order chi connectivity index (χ1) is 27.3. The van der Waals surface area contributed by atoms with Crippen LogP contribution in [0.4, 0.5) is 87.8 Å². The third kappa shape index (κ3) is 7.33.